The van der Waals surface area contributed by atoms with Gasteiger partial charge >= 0.3 is 0 Å². The first kappa shape index (κ1) is 5.75. The highest BCUT2D eigenvalue weighted by molar-refractivity contribution is 7.21. The zero-order valence-corrected chi connectivity index (χ0v) is 5.29. The summed E-state index contributed by atoms with van der Waals surface area (Å²) >= 11 is 0. The van der Waals surface area contributed by atoms with Crippen molar-refractivity contribution >= 4 is 20.1 Å². The first-order valence-electron chi connectivity index (χ1n) is 2.04. The highest BCUT2D eigenvalue weighted by Gasteiger charge is 2.05. The highest BCUT2D eigenvalue weighted by Crippen LogP contribution is 2.25. The van der Waals surface area contributed by atoms with Gasteiger partial charge in [-0.05, 0) is 0 Å². The summed E-state index contributed by atoms with van der Waals surface area (Å²) in [5.74, 6) is 0.312. The van der Waals surface area contributed by atoms with Crippen LogP contribution >= 0.6 is 8.51 Å². The molecule has 0 unspecified atom stereocenters. The van der Waals surface area contributed by atoms with Crippen molar-refractivity contribution in [2.24, 2.45) is 0 Å². The van der Waals surface area contributed by atoms with Crippen LogP contribution in [0.4, 0.5) is 11.6 Å². The van der Waals surface area contributed by atoms with Crippen molar-refractivity contribution in [1.82, 2.24) is 9.49 Å². The zero-order chi connectivity index (χ0) is 6.69. The number of hydrogen-bond donors (Lipinski definition) is 0. The highest BCUT2D eigenvalue weighted by atomic mass is 31.1. The molecule has 0 radical (unpaired) electrons. The number of nitrogens with zero attached hydrogens (tertiary/aromatic N) is 4. The largest absolute Gasteiger partial charge is 0.370 e. The minimum Gasteiger partial charge on any atom is -0.370 e. The summed E-state index contributed by atoms with van der Waals surface area (Å²) in [4.78, 5) is 6.00. The first-order valence-corrected chi connectivity index (χ1v) is 2.93. The molecule has 1 heterocycles. The lowest BCUT2D eigenvalue weighted by Gasteiger charge is -1.76. The van der Waals surface area contributed by atoms with E-state index in [1.807, 2.05) is 0 Å². The molecule has 0 aliphatic carbocycles. The van der Waals surface area contributed by atoms with Crippen LogP contribution in [0, 0.1) is 13.1 Å². The Labute approximate surface area is 53.4 Å². The summed E-state index contributed by atoms with van der Waals surface area (Å²) in [7, 11) is 0.0313. The van der Waals surface area contributed by atoms with Crippen LogP contribution in [0.15, 0.2) is 0 Å². The van der Waals surface area contributed by atoms with Crippen molar-refractivity contribution in [3.8, 4) is 0 Å². The van der Waals surface area contributed by atoms with Crippen LogP contribution in [0.3, 0.4) is 0 Å². The minimum absolute atomic E-state index is 0.0313. The van der Waals surface area contributed by atoms with Crippen LogP contribution in [0.5, 0.6) is 0 Å². The van der Waals surface area contributed by atoms with Gasteiger partial charge in [0.25, 0.3) is 20.1 Å². The van der Waals surface area contributed by atoms with Gasteiger partial charge < -0.3 is 9.69 Å². The molecule has 1 rings (SSSR count). The molecular formula is C4HN4P. The molecule has 0 amide bonds. The molecule has 5 heteroatoms. The van der Waals surface area contributed by atoms with Crippen molar-refractivity contribution in [3.63, 3.8) is 0 Å². The third kappa shape index (κ3) is 0.887. The fourth-order valence-corrected chi connectivity index (χ4v) is 0.909. The molecule has 1 aromatic rings. The van der Waals surface area contributed by atoms with E-state index >= 15 is 0 Å². The fraction of sp³-hybridized carbons (Fsp3) is 0. The summed E-state index contributed by atoms with van der Waals surface area (Å²) < 4.78 is 7.36. The van der Waals surface area contributed by atoms with Crippen LogP contribution in [-0.4, -0.2) is 9.49 Å². The Kier molecular flexibility index (Phi) is 1.44. The van der Waals surface area contributed by atoms with Gasteiger partial charge in [0.05, 0.1) is 0 Å². The Balaban J connectivity index is 3.22. The number of aromatic nitrogens is 2. The normalized spacial score (nSPS) is 7.78. The molecule has 0 bridgehead atoms. The molecular weight excluding hydrogens is 135 g/mol. The van der Waals surface area contributed by atoms with Gasteiger partial charge in [-0.1, -0.05) is 22.6 Å². The van der Waals surface area contributed by atoms with E-state index in [2.05, 4.69) is 19.2 Å². The molecule has 0 spiro atoms. The zero-order valence-electron chi connectivity index (χ0n) is 4.29. The van der Waals surface area contributed by atoms with E-state index in [0.717, 1.165) is 0 Å². The molecule has 0 saturated carbocycles. The summed E-state index contributed by atoms with van der Waals surface area (Å²) in [6.45, 7) is 13.0. The second kappa shape index (κ2) is 2.26. The van der Waals surface area contributed by atoms with E-state index in [-0.39, 0.29) is 20.1 Å². The molecule has 0 atom stereocenters. The monoisotopic (exact) mass is 136 g/mol. The van der Waals surface area contributed by atoms with E-state index in [1.54, 1.807) is 0 Å². The minimum atomic E-state index is 0.0313. The first-order chi connectivity index (χ1) is 4.38. The van der Waals surface area contributed by atoms with Gasteiger partial charge in [0.1, 0.15) is 0 Å². The molecule has 0 fully saturated rings. The van der Waals surface area contributed by atoms with Crippen molar-refractivity contribution in [2.45, 2.75) is 0 Å². The van der Waals surface area contributed by atoms with E-state index in [4.69, 9.17) is 13.1 Å². The number of rotatable bonds is 0. The SMILES string of the molecule is [C-]#[N+]c1n[pH]nc1[N+]#[C-]. The van der Waals surface area contributed by atoms with E-state index in [1.165, 1.54) is 0 Å². The lowest BCUT2D eigenvalue weighted by atomic mass is 10.7. The summed E-state index contributed by atoms with van der Waals surface area (Å²) in [6.07, 6.45) is 0. The molecule has 0 aromatic carbocycles. The third-order valence-electron chi connectivity index (χ3n) is 0.724. The van der Waals surface area contributed by atoms with Crippen LogP contribution in [0.2, 0.25) is 0 Å². The third-order valence-corrected chi connectivity index (χ3v) is 1.35. The average molecular weight is 136 g/mol. The van der Waals surface area contributed by atoms with Crippen molar-refractivity contribution in [2.75, 3.05) is 0 Å². The molecule has 42 valence electrons. The molecule has 9 heavy (non-hydrogen) atoms. The summed E-state index contributed by atoms with van der Waals surface area (Å²) in [6, 6.07) is 0. The quantitative estimate of drug-likeness (QED) is 0.507. The van der Waals surface area contributed by atoms with E-state index < -0.39 is 0 Å². The van der Waals surface area contributed by atoms with Crippen LogP contribution in [0.1, 0.15) is 0 Å². The smallest absolute Gasteiger partial charge is 0.300 e. The molecule has 4 nitrogen and oxygen atoms in total. The standard InChI is InChI=1S/C4HN4P/c1-5-3-4(6-2)8-9-7-3/h9H. The Bertz CT molecular complexity index is 260. The van der Waals surface area contributed by atoms with Crippen molar-refractivity contribution < 1.29 is 0 Å². The van der Waals surface area contributed by atoms with Gasteiger partial charge in [-0.15, -0.1) is 0 Å². The Morgan fingerprint density at radius 2 is 1.56 bits per heavy atom. The van der Waals surface area contributed by atoms with Gasteiger partial charge in [-0.2, -0.15) is 0 Å². The van der Waals surface area contributed by atoms with Gasteiger partial charge in [-0.3, -0.25) is 0 Å². The molecule has 1 aromatic heterocycles. The topological polar surface area (TPSA) is 34.5 Å². The van der Waals surface area contributed by atoms with Crippen molar-refractivity contribution in [3.05, 3.63) is 22.8 Å². The number of hydrogen-bond acceptors (Lipinski definition) is 2. The second-order valence-electron chi connectivity index (χ2n) is 1.19. The average Bonchev–Trinajstić information content (AvgIpc) is 2.33. The van der Waals surface area contributed by atoms with Gasteiger partial charge in [0.15, 0.2) is 0 Å². The fourth-order valence-electron chi connectivity index (χ4n) is 0.370. The molecule has 0 N–H and O–H groups in total. The lowest BCUT2D eigenvalue weighted by molar-refractivity contribution is 1.57. The van der Waals surface area contributed by atoms with Gasteiger partial charge in [0.2, 0.25) is 0 Å². The summed E-state index contributed by atoms with van der Waals surface area (Å²) in [5.41, 5.74) is 0. The Morgan fingerprint density at radius 1 is 1.11 bits per heavy atom. The van der Waals surface area contributed by atoms with Gasteiger partial charge in [-0.25, -0.2) is 0 Å². The molecule has 0 saturated heterocycles. The van der Waals surface area contributed by atoms with Crippen LogP contribution in [-0.2, 0) is 0 Å². The van der Waals surface area contributed by atoms with Crippen LogP contribution in [0.25, 0.3) is 9.69 Å². The maximum absolute atomic E-state index is 6.51. The predicted molar refractivity (Wildman–Crippen MR) is 34.1 cm³/mol. The Hall–Kier alpha value is -1.38. The molecule has 0 aliphatic heterocycles. The van der Waals surface area contributed by atoms with Gasteiger partial charge in [0, 0.05) is 0 Å². The Morgan fingerprint density at radius 3 is 1.89 bits per heavy atom. The predicted octanol–water partition coefficient (Wildman–Crippen LogP) is 1.61. The van der Waals surface area contributed by atoms with Crippen LogP contribution < -0.4 is 0 Å². The summed E-state index contributed by atoms with van der Waals surface area (Å²) in [5, 5.41) is 0. The van der Waals surface area contributed by atoms with E-state index in [0.29, 0.717) is 0 Å². The maximum Gasteiger partial charge on any atom is 0.300 e. The van der Waals surface area contributed by atoms with Crippen molar-refractivity contribution in [1.29, 1.82) is 0 Å². The lowest BCUT2D eigenvalue weighted by Crippen LogP contribution is -1.53. The maximum atomic E-state index is 6.51. The molecule has 0 aliphatic rings. The second-order valence-corrected chi connectivity index (χ2v) is 1.84. The van der Waals surface area contributed by atoms with E-state index in [9.17, 15) is 0 Å².